The fourth-order valence-corrected chi connectivity index (χ4v) is 5.85. The molecular weight excluding hydrogens is 593 g/mol. The van der Waals surface area contributed by atoms with Crippen molar-refractivity contribution in [3.8, 4) is 22.1 Å². The van der Waals surface area contributed by atoms with Gasteiger partial charge in [-0.25, -0.2) is 4.39 Å². The van der Waals surface area contributed by atoms with Crippen LogP contribution in [0.2, 0.25) is 0 Å². The Morgan fingerprint density at radius 1 is 0.933 bits per heavy atom. The normalized spacial score (nSPS) is 13.4. The molecule has 0 radical (unpaired) electrons. The second kappa shape index (κ2) is 13.1. The predicted molar refractivity (Wildman–Crippen MR) is 173 cm³/mol. The number of nitrogens with one attached hydrogen (secondary N) is 3. The number of halogens is 1. The SMILES string of the molecule is COCCNCc1ccc(-c2cc3nccc(Oc4ccc(NC(=O)C5(C(=O)Nc6ccc(C)cc6)CC5)cc4F)c3s2)nc1. The molecule has 1 saturated carbocycles. The average molecular weight is 626 g/mol. The summed E-state index contributed by atoms with van der Waals surface area (Å²) in [6, 6.07) is 19.2. The summed E-state index contributed by atoms with van der Waals surface area (Å²) in [5.41, 5.74) is 3.32. The molecule has 2 amide bonds. The van der Waals surface area contributed by atoms with E-state index >= 15 is 4.39 Å². The van der Waals surface area contributed by atoms with Crippen LogP contribution in [0.25, 0.3) is 20.8 Å². The first-order valence-corrected chi connectivity index (χ1v) is 15.4. The van der Waals surface area contributed by atoms with Crippen molar-refractivity contribution in [1.29, 1.82) is 0 Å². The third-order valence-electron chi connectivity index (χ3n) is 7.60. The van der Waals surface area contributed by atoms with E-state index < -0.39 is 17.1 Å². The number of carbonyl (C=O) groups is 2. The van der Waals surface area contributed by atoms with Gasteiger partial charge in [-0.2, -0.15) is 0 Å². The molecule has 0 spiro atoms. The van der Waals surface area contributed by atoms with Crippen molar-refractivity contribution in [3.05, 3.63) is 96.1 Å². The maximum atomic E-state index is 15.2. The van der Waals surface area contributed by atoms with Crippen LogP contribution in [0.1, 0.15) is 24.0 Å². The number of methoxy groups -OCH3 is 1. The second-order valence-electron chi connectivity index (χ2n) is 11.0. The molecule has 1 aliphatic rings. The van der Waals surface area contributed by atoms with Crippen molar-refractivity contribution in [2.45, 2.75) is 26.3 Å². The van der Waals surface area contributed by atoms with Crippen molar-refractivity contribution < 1.29 is 23.5 Å². The Morgan fingerprint density at radius 3 is 2.38 bits per heavy atom. The molecule has 6 rings (SSSR count). The lowest BCUT2D eigenvalue weighted by molar-refractivity contribution is -0.131. The molecular formula is C34H32FN5O4S. The number of hydrogen-bond acceptors (Lipinski definition) is 8. The first kappa shape index (κ1) is 30.3. The second-order valence-corrected chi connectivity index (χ2v) is 12.0. The Kier molecular flexibility index (Phi) is 8.83. The highest BCUT2D eigenvalue weighted by Crippen LogP contribution is 2.48. The molecule has 3 N–H and O–H groups in total. The molecule has 11 heteroatoms. The van der Waals surface area contributed by atoms with Gasteiger partial charge in [0, 0.05) is 56.1 Å². The van der Waals surface area contributed by atoms with Crippen LogP contribution in [0, 0.1) is 18.2 Å². The summed E-state index contributed by atoms with van der Waals surface area (Å²) in [5.74, 6) is -1.04. The number of nitrogens with zero attached hydrogens (tertiary/aromatic N) is 2. The average Bonchev–Trinajstić information content (AvgIpc) is 3.75. The monoisotopic (exact) mass is 625 g/mol. The van der Waals surface area contributed by atoms with Gasteiger partial charge < -0.3 is 25.4 Å². The van der Waals surface area contributed by atoms with Crippen LogP contribution in [-0.4, -0.2) is 42.0 Å². The number of aryl methyl sites for hydroxylation is 1. The standard InChI is InChI=1S/C34H32FN5O4S/c1-21-3-6-23(7-4-21)39-32(41)34(12-13-34)33(42)40-24-8-10-28(25(35)17-24)44-29-11-14-37-27-18-30(45-31(27)29)26-9-5-22(20-38-26)19-36-15-16-43-2/h3-11,14,17-18,20,36H,12-13,15-16,19H2,1-2H3,(H,39,41)(H,40,42). The highest BCUT2D eigenvalue weighted by molar-refractivity contribution is 7.22. The summed E-state index contributed by atoms with van der Waals surface area (Å²) in [6.07, 6.45) is 4.29. The number of amides is 2. The molecule has 1 fully saturated rings. The van der Waals surface area contributed by atoms with E-state index in [1.54, 1.807) is 37.6 Å². The first-order chi connectivity index (χ1) is 21.8. The number of pyridine rings is 2. The third kappa shape index (κ3) is 6.85. The Balaban J connectivity index is 1.12. The van der Waals surface area contributed by atoms with Crippen LogP contribution in [-0.2, 0) is 20.9 Å². The van der Waals surface area contributed by atoms with Gasteiger partial charge in [-0.1, -0.05) is 23.8 Å². The number of rotatable bonds is 12. The number of thiophene rings is 1. The maximum Gasteiger partial charge on any atom is 0.240 e. The number of aromatic nitrogens is 2. The van der Waals surface area contributed by atoms with Gasteiger partial charge in [0.1, 0.15) is 11.2 Å². The highest BCUT2D eigenvalue weighted by Gasteiger charge is 2.56. The molecule has 3 heterocycles. The highest BCUT2D eigenvalue weighted by atomic mass is 32.1. The van der Waals surface area contributed by atoms with Crippen molar-refractivity contribution in [1.82, 2.24) is 15.3 Å². The van der Waals surface area contributed by atoms with Crippen LogP contribution in [0.3, 0.4) is 0 Å². The molecule has 0 unspecified atom stereocenters. The summed E-state index contributed by atoms with van der Waals surface area (Å²) < 4.78 is 27.0. The van der Waals surface area contributed by atoms with Crippen LogP contribution in [0.5, 0.6) is 11.5 Å². The van der Waals surface area contributed by atoms with Gasteiger partial charge in [0.05, 0.1) is 27.4 Å². The summed E-state index contributed by atoms with van der Waals surface area (Å²) in [4.78, 5) is 36.0. The van der Waals surface area contributed by atoms with Crippen molar-refractivity contribution in [3.63, 3.8) is 0 Å². The van der Waals surface area contributed by atoms with Crippen molar-refractivity contribution in [2.24, 2.45) is 5.41 Å². The Morgan fingerprint density at radius 2 is 1.69 bits per heavy atom. The lowest BCUT2D eigenvalue weighted by Crippen LogP contribution is -2.35. The summed E-state index contributed by atoms with van der Waals surface area (Å²) >= 11 is 1.46. The van der Waals surface area contributed by atoms with Crippen molar-refractivity contribution in [2.75, 3.05) is 30.9 Å². The minimum absolute atomic E-state index is 0.00264. The minimum Gasteiger partial charge on any atom is -0.453 e. The molecule has 9 nitrogen and oxygen atoms in total. The molecule has 0 bridgehead atoms. The van der Waals surface area contributed by atoms with Gasteiger partial charge in [-0.05, 0) is 61.7 Å². The van der Waals surface area contributed by atoms with Gasteiger partial charge in [0.2, 0.25) is 11.8 Å². The number of carbonyl (C=O) groups excluding carboxylic acids is 2. The van der Waals surface area contributed by atoms with E-state index in [0.717, 1.165) is 32.9 Å². The molecule has 0 atom stereocenters. The molecule has 2 aromatic carbocycles. The van der Waals surface area contributed by atoms with E-state index in [2.05, 4.69) is 25.9 Å². The fraction of sp³-hybridized carbons (Fsp3) is 0.235. The molecule has 45 heavy (non-hydrogen) atoms. The Labute approximate surface area is 263 Å². The van der Waals surface area contributed by atoms with Crippen LogP contribution in [0.4, 0.5) is 15.8 Å². The summed E-state index contributed by atoms with van der Waals surface area (Å²) in [7, 11) is 1.67. The Bertz CT molecular complexity index is 1840. The number of hydrogen-bond donors (Lipinski definition) is 3. The molecule has 0 aliphatic heterocycles. The molecule has 1 aliphatic carbocycles. The number of benzene rings is 2. The lowest BCUT2D eigenvalue weighted by atomic mass is 10.0. The lowest BCUT2D eigenvalue weighted by Gasteiger charge is -2.16. The predicted octanol–water partition coefficient (Wildman–Crippen LogP) is 6.69. The van der Waals surface area contributed by atoms with E-state index in [1.807, 2.05) is 43.5 Å². The van der Waals surface area contributed by atoms with E-state index in [-0.39, 0.29) is 17.3 Å². The van der Waals surface area contributed by atoms with E-state index in [1.165, 1.54) is 23.5 Å². The zero-order chi connectivity index (χ0) is 31.4. The zero-order valence-corrected chi connectivity index (χ0v) is 25.7. The quantitative estimate of drug-likeness (QED) is 0.105. The van der Waals surface area contributed by atoms with E-state index in [0.29, 0.717) is 42.9 Å². The Hall–Kier alpha value is -4.71. The summed E-state index contributed by atoms with van der Waals surface area (Å²) in [5, 5.41) is 8.82. The van der Waals surface area contributed by atoms with Crippen LogP contribution < -0.4 is 20.7 Å². The number of fused-ring (bicyclic) bond motifs is 1. The van der Waals surface area contributed by atoms with Crippen LogP contribution in [0.15, 0.2) is 79.1 Å². The number of ether oxygens (including phenoxy) is 2. The van der Waals surface area contributed by atoms with Gasteiger partial charge in [0.25, 0.3) is 0 Å². The fourth-order valence-electron chi connectivity index (χ4n) is 4.80. The first-order valence-electron chi connectivity index (χ1n) is 14.6. The van der Waals surface area contributed by atoms with E-state index in [4.69, 9.17) is 9.47 Å². The zero-order valence-electron chi connectivity index (χ0n) is 24.9. The largest absolute Gasteiger partial charge is 0.453 e. The topological polar surface area (TPSA) is 114 Å². The van der Waals surface area contributed by atoms with E-state index in [9.17, 15) is 9.59 Å². The smallest absolute Gasteiger partial charge is 0.240 e. The third-order valence-corrected chi connectivity index (χ3v) is 8.76. The van der Waals surface area contributed by atoms with Gasteiger partial charge in [0.15, 0.2) is 11.6 Å². The molecule has 5 aromatic rings. The molecule has 3 aromatic heterocycles. The molecule has 230 valence electrons. The minimum atomic E-state index is -1.17. The van der Waals surface area contributed by atoms with Gasteiger partial charge in [-0.15, -0.1) is 11.3 Å². The van der Waals surface area contributed by atoms with Gasteiger partial charge in [-0.3, -0.25) is 19.6 Å². The van der Waals surface area contributed by atoms with Crippen molar-refractivity contribution >= 4 is 44.7 Å². The number of anilines is 2. The summed E-state index contributed by atoms with van der Waals surface area (Å²) in [6.45, 7) is 4.05. The molecule has 0 saturated heterocycles. The van der Waals surface area contributed by atoms with Crippen LogP contribution >= 0.6 is 11.3 Å². The maximum absolute atomic E-state index is 15.2. The van der Waals surface area contributed by atoms with Gasteiger partial charge >= 0.3 is 0 Å².